The molecular weight excluding hydrogens is 352 g/mol. The van der Waals surface area contributed by atoms with Gasteiger partial charge in [0.05, 0.1) is 24.1 Å². The molecule has 0 saturated heterocycles. The van der Waals surface area contributed by atoms with E-state index in [9.17, 15) is 13.2 Å². The van der Waals surface area contributed by atoms with Crippen LogP contribution >= 0.6 is 0 Å². The van der Waals surface area contributed by atoms with Crippen molar-refractivity contribution in [3.8, 4) is 5.75 Å². The molecule has 1 amide bonds. The molecule has 26 heavy (non-hydrogen) atoms. The first-order valence-electron chi connectivity index (χ1n) is 8.54. The standard InChI is InChI=1S/C19H22N2O4S/c1-3-25-18-9-5-4-8-16(18)19(22)20-15-11-10-14-7-6-12-21(17(14)13-15)26(2,23)24/h4-5,8-11,13H,3,6-7,12H2,1-2H3,(H,20,22). The van der Waals surface area contributed by atoms with Gasteiger partial charge in [-0.15, -0.1) is 0 Å². The summed E-state index contributed by atoms with van der Waals surface area (Å²) >= 11 is 0. The van der Waals surface area contributed by atoms with Crippen LogP contribution in [0.2, 0.25) is 0 Å². The number of benzene rings is 2. The largest absolute Gasteiger partial charge is 0.493 e. The van der Waals surface area contributed by atoms with Gasteiger partial charge in [-0.2, -0.15) is 0 Å². The molecule has 1 aliphatic rings. The highest BCUT2D eigenvalue weighted by atomic mass is 32.2. The van der Waals surface area contributed by atoms with E-state index < -0.39 is 10.0 Å². The molecule has 0 atom stereocenters. The van der Waals surface area contributed by atoms with Crippen molar-refractivity contribution in [1.29, 1.82) is 0 Å². The van der Waals surface area contributed by atoms with E-state index in [4.69, 9.17) is 4.74 Å². The van der Waals surface area contributed by atoms with Gasteiger partial charge in [-0.05, 0) is 49.6 Å². The van der Waals surface area contributed by atoms with Crippen molar-refractivity contribution < 1.29 is 17.9 Å². The Bertz CT molecular complexity index is 925. The molecule has 1 N–H and O–H groups in total. The van der Waals surface area contributed by atoms with Gasteiger partial charge in [-0.1, -0.05) is 18.2 Å². The number of nitrogens with one attached hydrogen (secondary N) is 1. The van der Waals surface area contributed by atoms with E-state index in [1.165, 1.54) is 10.6 Å². The predicted molar refractivity (Wildman–Crippen MR) is 103 cm³/mol. The van der Waals surface area contributed by atoms with Gasteiger partial charge >= 0.3 is 0 Å². The molecule has 7 heteroatoms. The summed E-state index contributed by atoms with van der Waals surface area (Å²) < 4.78 is 31.0. The number of hydrogen-bond donors (Lipinski definition) is 1. The molecular formula is C19H22N2O4S. The maximum atomic E-state index is 12.6. The van der Waals surface area contributed by atoms with Gasteiger partial charge in [-0.25, -0.2) is 8.42 Å². The molecule has 6 nitrogen and oxygen atoms in total. The zero-order valence-corrected chi connectivity index (χ0v) is 15.7. The fraction of sp³-hybridized carbons (Fsp3) is 0.316. The lowest BCUT2D eigenvalue weighted by Gasteiger charge is -2.29. The molecule has 138 valence electrons. The van der Waals surface area contributed by atoms with Crippen molar-refractivity contribution in [3.63, 3.8) is 0 Å². The predicted octanol–water partition coefficient (Wildman–Crippen LogP) is 3.05. The second kappa shape index (κ2) is 7.37. The molecule has 0 saturated carbocycles. The SMILES string of the molecule is CCOc1ccccc1C(=O)Nc1ccc2c(c1)N(S(C)(=O)=O)CCC2. The van der Waals surface area contributed by atoms with Gasteiger partial charge in [0.15, 0.2) is 0 Å². The van der Waals surface area contributed by atoms with E-state index in [0.29, 0.717) is 35.8 Å². The summed E-state index contributed by atoms with van der Waals surface area (Å²) in [5, 5.41) is 2.84. The van der Waals surface area contributed by atoms with Gasteiger partial charge in [0, 0.05) is 12.2 Å². The van der Waals surface area contributed by atoms with Crippen molar-refractivity contribution in [1.82, 2.24) is 0 Å². The number of sulfonamides is 1. The molecule has 0 unspecified atom stereocenters. The van der Waals surface area contributed by atoms with Crippen molar-refractivity contribution in [3.05, 3.63) is 53.6 Å². The van der Waals surface area contributed by atoms with E-state index in [1.807, 2.05) is 19.1 Å². The normalized spacial score (nSPS) is 13.8. The first-order valence-corrected chi connectivity index (χ1v) is 10.4. The van der Waals surface area contributed by atoms with Crippen molar-refractivity contribution in [2.45, 2.75) is 19.8 Å². The minimum Gasteiger partial charge on any atom is -0.493 e. The minimum absolute atomic E-state index is 0.296. The minimum atomic E-state index is -3.35. The van der Waals surface area contributed by atoms with Crippen LogP contribution in [0.25, 0.3) is 0 Å². The molecule has 2 aromatic carbocycles. The van der Waals surface area contributed by atoms with Crippen molar-refractivity contribution >= 4 is 27.3 Å². The van der Waals surface area contributed by atoms with Crippen LogP contribution in [0.4, 0.5) is 11.4 Å². The van der Waals surface area contributed by atoms with Gasteiger partial charge in [0.1, 0.15) is 5.75 Å². The number of fused-ring (bicyclic) bond motifs is 1. The summed E-state index contributed by atoms with van der Waals surface area (Å²) in [6, 6.07) is 12.4. The Kier molecular flexibility index (Phi) is 5.18. The maximum Gasteiger partial charge on any atom is 0.259 e. The van der Waals surface area contributed by atoms with E-state index in [2.05, 4.69) is 5.32 Å². The van der Waals surface area contributed by atoms with Gasteiger partial charge in [-0.3, -0.25) is 9.10 Å². The third-order valence-electron chi connectivity index (χ3n) is 4.25. The van der Waals surface area contributed by atoms with Crippen LogP contribution in [0.1, 0.15) is 29.3 Å². The Morgan fingerprint density at radius 1 is 1.23 bits per heavy atom. The highest BCUT2D eigenvalue weighted by Gasteiger charge is 2.24. The molecule has 0 aliphatic carbocycles. The van der Waals surface area contributed by atoms with Gasteiger partial charge in [0.25, 0.3) is 5.91 Å². The summed E-state index contributed by atoms with van der Waals surface area (Å²) in [5.41, 5.74) is 2.59. The van der Waals surface area contributed by atoms with E-state index in [0.717, 1.165) is 18.4 Å². The Labute approximate surface area is 153 Å². The fourth-order valence-electron chi connectivity index (χ4n) is 3.10. The second-order valence-corrected chi connectivity index (χ2v) is 8.07. The topological polar surface area (TPSA) is 75.7 Å². The van der Waals surface area contributed by atoms with Gasteiger partial charge in [0.2, 0.25) is 10.0 Å². The van der Waals surface area contributed by atoms with E-state index in [-0.39, 0.29) is 5.91 Å². The quantitative estimate of drug-likeness (QED) is 0.873. The second-order valence-electron chi connectivity index (χ2n) is 6.17. The highest BCUT2D eigenvalue weighted by molar-refractivity contribution is 7.92. The summed E-state index contributed by atoms with van der Waals surface area (Å²) in [5.74, 6) is 0.221. The number of anilines is 2. The number of aryl methyl sites for hydroxylation is 1. The zero-order chi connectivity index (χ0) is 18.7. The number of rotatable bonds is 5. The van der Waals surface area contributed by atoms with Crippen molar-refractivity contribution in [2.24, 2.45) is 0 Å². The number of ether oxygens (including phenoxy) is 1. The number of carbonyl (C=O) groups excluding carboxylic acids is 1. The number of para-hydroxylation sites is 1. The number of amides is 1. The molecule has 0 radical (unpaired) electrons. The molecule has 3 rings (SSSR count). The lowest BCUT2D eigenvalue weighted by Crippen LogP contribution is -2.34. The smallest absolute Gasteiger partial charge is 0.259 e. The summed E-state index contributed by atoms with van der Waals surface area (Å²) in [6.07, 6.45) is 2.81. The Morgan fingerprint density at radius 2 is 2.00 bits per heavy atom. The van der Waals surface area contributed by atoms with Gasteiger partial charge < -0.3 is 10.1 Å². The third-order valence-corrected chi connectivity index (χ3v) is 5.43. The zero-order valence-electron chi connectivity index (χ0n) is 14.9. The monoisotopic (exact) mass is 374 g/mol. The van der Waals surface area contributed by atoms with Crippen LogP contribution < -0.4 is 14.4 Å². The number of carbonyl (C=O) groups is 1. The fourth-order valence-corrected chi connectivity index (χ4v) is 4.09. The average molecular weight is 374 g/mol. The van der Waals surface area contributed by atoms with E-state index >= 15 is 0 Å². The molecule has 1 heterocycles. The summed E-state index contributed by atoms with van der Waals surface area (Å²) in [6.45, 7) is 2.78. The van der Waals surface area contributed by atoms with E-state index in [1.54, 1.807) is 30.3 Å². The van der Waals surface area contributed by atoms with Crippen LogP contribution in [-0.4, -0.2) is 33.7 Å². The molecule has 0 spiro atoms. The Balaban J connectivity index is 1.89. The lowest BCUT2D eigenvalue weighted by molar-refractivity contribution is 0.102. The van der Waals surface area contributed by atoms with Crippen LogP contribution in [0.5, 0.6) is 5.75 Å². The van der Waals surface area contributed by atoms with Crippen LogP contribution in [0.15, 0.2) is 42.5 Å². The van der Waals surface area contributed by atoms with Crippen LogP contribution in [0.3, 0.4) is 0 Å². The average Bonchev–Trinajstić information content (AvgIpc) is 2.61. The molecule has 1 aliphatic heterocycles. The van der Waals surface area contributed by atoms with Crippen LogP contribution in [0, 0.1) is 0 Å². The molecule has 0 bridgehead atoms. The van der Waals surface area contributed by atoms with Crippen LogP contribution in [-0.2, 0) is 16.4 Å². The van der Waals surface area contributed by atoms with Crippen molar-refractivity contribution in [2.75, 3.05) is 29.0 Å². The molecule has 0 fully saturated rings. The highest BCUT2D eigenvalue weighted by Crippen LogP contribution is 2.32. The third kappa shape index (κ3) is 3.83. The summed E-state index contributed by atoms with van der Waals surface area (Å²) in [4.78, 5) is 12.6. The maximum absolute atomic E-state index is 12.6. The Hall–Kier alpha value is -2.54. The first kappa shape index (κ1) is 18.3. The number of hydrogen-bond acceptors (Lipinski definition) is 4. The summed E-state index contributed by atoms with van der Waals surface area (Å²) in [7, 11) is -3.35. The lowest BCUT2D eigenvalue weighted by atomic mass is 10.0. The Morgan fingerprint density at radius 3 is 2.73 bits per heavy atom. The number of nitrogens with zero attached hydrogens (tertiary/aromatic N) is 1. The molecule has 0 aromatic heterocycles. The first-order chi connectivity index (χ1) is 12.4. The molecule has 2 aromatic rings.